The molecule has 7 heteroatoms. The molecule has 2 aliphatic rings. The fourth-order valence-electron chi connectivity index (χ4n) is 6.27. The van der Waals surface area contributed by atoms with Crippen LogP contribution in [0, 0.1) is 12.3 Å². The summed E-state index contributed by atoms with van der Waals surface area (Å²) in [5, 5.41) is 13.1. The van der Waals surface area contributed by atoms with Gasteiger partial charge < -0.3 is 24.8 Å². The highest BCUT2D eigenvalue weighted by Gasteiger charge is 2.62. The van der Waals surface area contributed by atoms with Gasteiger partial charge in [0.1, 0.15) is 17.0 Å². The summed E-state index contributed by atoms with van der Waals surface area (Å²) in [6.45, 7) is 9.43. The number of rotatable bonds is 13. The van der Waals surface area contributed by atoms with Crippen LogP contribution in [0.1, 0.15) is 88.4 Å². The van der Waals surface area contributed by atoms with Gasteiger partial charge in [-0.2, -0.15) is 0 Å². The largest absolute Gasteiger partial charge is 0.493 e. The lowest BCUT2D eigenvalue weighted by Gasteiger charge is -2.59. The van der Waals surface area contributed by atoms with E-state index in [0.29, 0.717) is 32.6 Å². The Morgan fingerprint density at radius 1 is 1.03 bits per heavy atom. The number of carbonyl (C=O) groups is 2. The van der Waals surface area contributed by atoms with Gasteiger partial charge in [0.25, 0.3) is 0 Å². The second-order valence-electron chi connectivity index (χ2n) is 11.3. The summed E-state index contributed by atoms with van der Waals surface area (Å²) in [6, 6.07) is 13.7. The maximum Gasteiger partial charge on any atom is 0.329 e. The average Bonchev–Trinajstić information content (AvgIpc) is 2.87. The molecule has 7 nitrogen and oxygen atoms in total. The number of nitrogens with one attached hydrogen (secondary N) is 1. The van der Waals surface area contributed by atoms with Crippen LogP contribution in [0.2, 0.25) is 0 Å². The zero-order valence-corrected chi connectivity index (χ0v) is 23.9. The van der Waals surface area contributed by atoms with Gasteiger partial charge in [0, 0.05) is 12.1 Å². The summed E-state index contributed by atoms with van der Waals surface area (Å²) in [4.78, 5) is 28.0. The van der Waals surface area contributed by atoms with Gasteiger partial charge in [0.05, 0.1) is 19.3 Å². The molecule has 2 N–H and O–H groups in total. The van der Waals surface area contributed by atoms with E-state index in [1.165, 1.54) is 5.56 Å². The molecule has 0 aromatic heterocycles. The first kappa shape index (κ1) is 28.8. The van der Waals surface area contributed by atoms with Crippen molar-refractivity contribution in [1.82, 2.24) is 10.2 Å². The summed E-state index contributed by atoms with van der Waals surface area (Å²) >= 11 is 0. The number of benzene rings is 2. The highest BCUT2D eigenvalue weighted by molar-refractivity contribution is 5.88. The number of urea groups is 1. The van der Waals surface area contributed by atoms with E-state index in [1.54, 1.807) is 4.90 Å². The lowest BCUT2D eigenvalue weighted by Crippen LogP contribution is -2.69. The van der Waals surface area contributed by atoms with E-state index in [4.69, 9.17) is 9.47 Å². The smallest absolute Gasteiger partial charge is 0.329 e. The second kappa shape index (κ2) is 12.3. The standard InChI is InChI=1S/C32H44N2O5/c1-5-38-27-19-26(20-28(23(27)3)39-6-2)24(4)34(18-11-10-15-25-13-8-7-9-14-25)30(37)33-32(29(35)36)21-31(22-32)16-12-17-31/h7-9,13-14,19-20,24H,5-6,10-12,15-18,21-22H2,1-4H3,(H,33,37)(H,35,36)/t24-/m1/s1. The number of nitrogens with zero attached hydrogens (tertiary/aromatic N) is 1. The van der Waals surface area contributed by atoms with Gasteiger partial charge >= 0.3 is 12.0 Å². The second-order valence-corrected chi connectivity index (χ2v) is 11.3. The van der Waals surface area contributed by atoms with Crippen LogP contribution >= 0.6 is 0 Å². The van der Waals surface area contributed by atoms with Crippen LogP contribution in [0.15, 0.2) is 42.5 Å². The topological polar surface area (TPSA) is 88.1 Å². The fraction of sp³-hybridized carbons (Fsp3) is 0.562. The minimum Gasteiger partial charge on any atom is -0.493 e. The lowest BCUT2D eigenvalue weighted by molar-refractivity contribution is -0.161. The van der Waals surface area contributed by atoms with E-state index in [2.05, 4.69) is 17.4 Å². The first-order chi connectivity index (χ1) is 18.7. The third-order valence-electron chi connectivity index (χ3n) is 8.63. The molecule has 1 atom stereocenters. The van der Waals surface area contributed by atoms with Crippen molar-refractivity contribution in [3.63, 3.8) is 0 Å². The van der Waals surface area contributed by atoms with Crippen molar-refractivity contribution in [2.24, 2.45) is 5.41 Å². The number of aliphatic carboxylic acids is 1. The van der Waals surface area contributed by atoms with E-state index in [-0.39, 0.29) is 17.5 Å². The zero-order chi connectivity index (χ0) is 28.0. The number of hydrogen-bond donors (Lipinski definition) is 2. The van der Waals surface area contributed by atoms with Crippen molar-refractivity contribution in [3.8, 4) is 11.5 Å². The molecule has 1 spiro atoms. The lowest BCUT2D eigenvalue weighted by atomic mass is 9.48. The highest BCUT2D eigenvalue weighted by atomic mass is 16.5. The number of hydrogen-bond acceptors (Lipinski definition) is 4. The number of unbranched alkanes of at least 4 members (excludes halogenated alkanes) is 1. The Balaban J connectivity index is 1.55. The van der Waals surface area contributed by atoms with Gasteiger partial charge in [-0.25, -0.2) is 9.59 Å². The van der Waals surface area contributed by atoms with E-state index >= 15 is 0 Å². The number of aryl methyl sites for hydroxylation is 1. The molecule has 0 heterocycles. The van der Waals surface area contributed by atoms with Crippen LogP contribution in [-0.4, -0.2) is 47.3 Å². The Morgan fingerprint density at radius 2 is 1.64 bits per heavy atom. The summed E-state index contributed by atoms with van der Waals surface area (Å²) in [5.74, 6) is 0.544. The zero-order valence-electron chi connectivity index (χ0n) is 23.9. The minimum absolute atomic E-state index is 0.105. The van der Waals surface area contributed by atoms with Gasteiger partial charge in [-0.15, -0.1) is 0 Å². The SMILES string of the molecule is CCOc1cc([C@@H](C)N(CCCCc2ccccc2)C(=O)NC2(C(=O)O)CC3(CCC3)C2)cc(OCC)c1C. The molecule has 0 bridgehead atoms. The molecule has 2 saturated carbocycles. The summed E-state index contributed by atoms with van der Waals surface area (Å²) in [5.41, 5.74) is 2.03. The van der Waals surface area contributed by atoms with Gasteiger partial charge in [-0.1, -0.05) is 36.8 Å². The summed E-state index contributed by atoms with van der Waals surface area (Å²) < 4.78 is 11.8. The Kier molecular flexibility index (Phi) is 9.08. The van der Waals surface area contributed by atoms with Crippen LogP contribution in [0.5, 0.6) is 11.5 Å². The molecule has 0 unspecified atom stereocenters. The van der Waals surface area contributed by atoms with Crippen molar-refractivity contribution < 1.29 is 24.2 Å². The molecule has 0 aliphatic heterocycles. The fourth-order valence-corrected chi connectivity index (χ4v) is 6.27. The van der Waals surface area contributed by atoms with Crippen LogP contribution in [-0.2, 0) is 11.2 Å². The minimum atomic E-state index is -1.18. The molecule has 2 fully saturated rings. The number of carboxylic acid groups (broad SMARTS) is 1. The van der Waals surface area contributed by atoms with Gasteiger partial charge in [-0.05, 0) is 101 Å². The van der Waals surface area contributed by atoms with Crippen molar-refractivity contribution in [3.05, 3.63) is 59.2 Å². The molecular formula is C32H44N2O5. The molecule has 0 saturated heterocycles. The maximum atomic E-state index is 13.8. The molecule has 4 rings (SSSR count). The van der Waals surface area contributed by atoms with Gasteiger partial charge in [0.2, 0.25) is 0 Å². The first-order valence-electron chi connectivity index (χ1n) is 14.5. The molecule has 212 valence electrons. The number of amides is 2. The molecule has 2 aromatic carbocycles. The van der Waals surface area contributed by atoms with Crippen LogP contribution in [0.3, 0.4) is 0 Å². The average molecular weight is 537 g/mol. The quantitative estimate of drug-likeness (QED) is 0.279. The predicted molar refractivity (Wildman–Crippen MR) is 152 cm³/mol. The van der Waals surface area contributed by atoms with Crippen molar-refractivity contribution in [2.45, 2.75) is 90.6 Å². The van der Waals surface area contributed by atoms with E-state index in [0.717, 1.165) is 61.2 Å². The third kappa shape index (κ3) is 6.34. The van der Waals surface area contributed by atoms with Crippen LogP contribution in [0.4, 0.5) is 4.79 Å². The normalized spacial score (nSPS) is 17.4. The van der Waals surface area contributed by atoms with E-state index < -0.39 is 11.5 Å². The number of carbonyl (C=O) groups excluding carboxylic acids is 1. The summed E-state index contributed by atoms with van der Waals surface area (Å²) in [6.07, 6.45) is 6.96. The van der Waals surface area contributed by atoms with E-state index in [1.807, 2.05) is 58.0 Å². The monoisotopic (exact) mass is 536 g/mol. The Labute approximate surface area is 232 Å². The molecule has 2 amide bonds. The molecule has 0 radical (unpaired) electrons. The molecular weight excluding hydrogens is 492 g/mol. The Morgan fingerprint density at radius 3 is 2.15 bits per heavy atom. The van der Waals surface area contributed by atoms with Gasteiger partial charge in [-0.3, -0.25) is 0 Å². The molecule has 2 aromatic rings. The Bertz CT molecular complexity index is 1110. The Hall–Kier alpha value is -3.22. The molecule has 39 heavy (non-hydrogen) atoms. The van der Waals surface area contributed by atoms with Crippen molar-refractivity contribution in [2.75, 3.05) is 19.8 Å². The van der Waals surface area contributed by atoms with Crippen LogP contribution in [0.25, 0.3) is 0 Å². The molecule has 2 aliphatic carbocycles. The predicted octanol–water partition coefficient (Wildman–Crippen LogP) is 6.68. The third-order valence-corrected chi connectivity index (χ3v) is 8.63. The van der Waals surface area contributed by atoms with Crippen LogP contribution < -0.4 is 14.8 Å². The number of ether oxygens (including phenoxy) is 2. The first-order valence-corrected chi connectivity index (χ1v) is 14.5. The van der Waals surface area contributed by atoms with E-state index in [9.17, 15) is 14.7 Å². The summed E-state index contributed by atoms with van der Waals surface area (Å²) in [7, 11) is 0. The van der Waals surface area contributed by atoms with Gasteiger partial charge in [0.15, 0.2) is 0 Å². The van der Waals surface area contributed by atoms with Crippen molar-refractivity contribution in [1.29, 1.82) is 0 Å². The number of carboxylic acids is 1. The highest BCUT2D eigenvalue weighted by Crippen LogP contribution is 2.60. The van der Waals surface area contributed by atoms with Crippen molar-refractivity contribution >= 4 is 12.0 Å². The maximum absolute atomic E-state index is 13.8.